The molecule has 26 heavy (non-hydrogen) atoms. The van der Waals surface area contributed by atoms with Crippen LogP contribution < -0.4 is 0 Å². The third-order valence-corrected chi connectivity index (χ3v) is 7.82. The molecular weight excluding hydrogens is 380 g/mol. The molecule has 1 aromatic rings. The van der Waals surface area contributed by atoms with Gasteiger partial charge in [0, 0.05) is 26.2 Å². The molecule has 0 unspecified atom stereocenters. The molecule has 4 rings (SSSR count). The van der Waals surface area contributed by atoms with Crippen molar-refractivity contribution in [1.29, 1.82) is 0 Å². The third kappa shape index (κ3) is 3.17. The van der Waals surface area contributed by atoms with Gasteiger partial charge in [-0.05, 0) is 43.7 Å². The van der Waals surface area contributed by atoms with Crippen LogP contribution in [0.1, 0.15) is 37.9 Å². The van der Waals surface area contributed by atoms with Gasteiger partial charge >= 0.3 is 5.97 Å². The highest BCUT2D eigenvalue weighted by Gasteiger charge is 2.54. The first kappa shape index (κ1) is 19.7. The molecule has 0 radical (unpaired) electrons. The summed E-state index contributed by atoms with van der Waals surface area (Å²) in [4.78, 5) is 13.8. The molecule has 0 bridgehead atoms. The molecule has 1 saturated carbocycles. The van der Waals surface area contributed by atoms with Crippen LogP contribution >= 0.6 is 12.4 Å². The predicted molar refractivity (Wildman–Crippen MR) is 96.6 cm³/mol. The second-order valence-electron chi connectivity index (χ2n) is 7.55. The first-order valence-corrected chi connectivity index (χ1v) is 10.4. The molecule has 3 fully saturated rings. The van der Waals surface area contributed by atoms with Crippen LogP contribution in [0.5, 0.6) is 0 Å². The molecular formula is C17H25ClN2O5S. The van der Waals surface area contributed by atoms with Crippen LogP contribution in [-0.2, 0) is 21.4 Å². The number of carbonyl (C=O) groups is 1. The molecule has 2 atom stereocenters. The van der Waals surface area contributed by atoms with Crippen molar-refractivity contribution in [3.05, 3.63) is 17.9 Å². The minimum Gasteiger partial charge on any atom is -0.481 e. The van der Waals surface area contributed by atoms with Crippen LogP contribution in [0.15, 0.2) is 21.6 Å². The molecule has 7 nitrogen and oxygen atoms in total. The average molecular weight is 405 g/mol. The second kappa shape index (κ2) is 7.14. The quantitative estimate of drug-likeness (QED) is 0.808. The van der Waals surface area contributed by atoms with Crippen molar-refractivity contribution in [1.82, 2.24) is 9.21 Å². The summed E-state index contributed by atoms with van der Waals surface area (Å²) in [6.45, 7) is 2.81. The molecule has 3 heterocycles. The molecule has 9 heteroatoms. The van der Waals surface area contributed by atoms with Crippen molar-refractivity contribution < 1.29 is 22.7 Å². The van der Waals surface area contributed by atoms with E-state index >= 15 is 0 Å². The summed E-state index contributed by atoms with van der Waals surface area (Å²) in [5.41, 5.74) is -0.628. The Morgan fingerprint density at radius 1 is 1.27 bits per heavy atom. The molecule has 1 aromatic heterocycles. The van der Waals surface area contributed by atoms with Crippen molar-refractivity contribution in [2.45, 2.75) is 43.7 Å². The van der Waals surface area contributed by atoms with Crippen molar-refractivity contribution in [2.24, 2.45) is 11.3 Å². The topological polar surface area (TPSA) is 91.1 Å². The summed E-state index contributed by atoms with van der Waals surface area (Å²) in [6, 6.07) is 3.22. The smallest absolute Gasteiger partial charge is 0.311 e. The zero-order valence-corrected chi connectivity index (χ0v) is 16.2. The maximum atomic E-state index is 12.5. The Hall–Kier alpha value is -1.09. The van der Waals surface area contributed by atoms with E-state index < -0.39 is 21.4 Å². The van der Waals surface area contributed by atoms with Gasteiger partial charge in [-0.25, -0.2) is 8.42 Å². The standard InChI is InChI=1S/C17H24N2O5S.ClH/c20-16(21)17-7-3-4-13(17)10-18(12-17)11-14-5-6-15(24-14)25(22,23)19-8-1-2-9-19;/h5-6,13H,1-4,7-12H2,(H,20,21);1H/t13-,17+;/m0./s1. The normalized spacial score (nSPS) is 29.6. The number of nitrogens with zero attached hydrogens (tertiary/aromatic N) is 2. The zero-order valence-electron chi connectivity index (χ0n) is 14.6. The monoisotopic (exact) mass is 404 g/mol. The van der Waals surface area contributed by atoms with Gasteiger partial charge in [0.05, 0.1) is 12.0 Å². The fourth-order valence-electron chi connectivity index (χ4n) is 4.72. The van der Waals surface area contributed by atoms with Crippen LogP contribution in [0.4, 0.5) is 0 Å². The Kier molecular flexibility index (Phi) is 5.40. The Labute approximate surface area is 159 Å². The largest absolute Gasteiger partial charge is 0.481 e. The van der Waals surface area contributed by atoms with Crippen molar-refractivity contribution in [3.63, 3.8) is 0 Å². The highest BCUT2D eigenvalue weighted by atomic mass is 35.5. The summed E-state index contributed by atoms with van der Waals surface area (Å²) >= 11 is 0. The van der Waals surface area contributed by atoms with E-state index in [1.807, 2.05) is 0 Å². The first-order valence-electron chi connectivity index (χ1n) is 8.96. The first-order chi connectivity index (χ1) is 11.9. The van der Waals surface area contributed by atoms with E-state index in [2.05, 4.69) is 4.90 Å². The molecule has 0 aromatic carbocycles. The summed E-state index contributed by atoms with van der Waals surface area (Å²) in [5, 5.41) is 9.65. The van der Waals surface area contributed by atoms with E-state index in [0.29, 0.717) is 31.9 Å². The van der Waals surface area contributed by atoms with Gasteiger partial charge in [-0.1, -0.05) is 6.42 Å². The lowest BCUT2D eigenvalue weighted by atomic mass is 9.81. The molecule has 1 N–H and O–H groups in total. The number of sulfonamides is 1. The Balaban J connectivity index is 0.00000196. The summed E-state index contributed by atoms with van der Waals surface area (Å²) < 4.78 is 32.1. The van der Waals surface area contributed by atoms with Crippen LogP contribution in [0, 0.1) is 11.3 Å². The molecule has 2 aliphatic heterocycles. The number of carboxylic acids is 1. The number of hydrogen-bond donors (Lipinski definition) is 1. The molecule has 1 aliphatic carbocycles. The highest BCUT2D eigenvalue weighted by molar-refractivity contribution is 7.89. The Morgan fingerprint density at radius 3 is 2.65 bits per heavy atom. The van der Waals surface area contributed by atoms with E-state index in [-0.39, 0.29) is 23.4 Å². The van der Waals surface area contributed by atoms with E-state index in [1.165, 1.54) is 10.4 Å². The summed E-state index contributed by atoms with van der Waals surface area (Å²) in [5.74, 6) is 0.0697. The third-order valence-electron chi connectivity index (χ3n) is 6.04. The number of fused-ring (bicyclic) bond motifs is 1. The minimum atomic E-state index is -3.54. The van der Waals surface area contributed by atoms with Crippen LogP contribution in [0.25, 0.3) is 0 Å². The summed E-state index contributed by atoms with van der Waals surface area (Å²) in [7, 11) is -3.54. The molecule has 2 saturated heterocycles. The number of aliphatic carboxylic acids is 1. The lowest BCUT2D eigenvalue weighted by Crippen LogP contribution is -2.35. The number of furan rings is 1. The number of likely N-dealkylation sites (tertiary alicyclic amines) is 1. The van der Waals surface area contributed by atoms with Crippen LogP contribution in [0.3, 0.4) is 0 Å². The number of carboxylic acid groups (broad SMARTS) is 1. The number of halogens is 1. The Bertz CT molecular complexity index is 774. The SMILES string of the molecule is Cl.O=C(O)[C@@]12CCC[C@H]1CN(Cc1ccc(S(=O)(=O)N3CCCC3)o1)C2. The van der Waals surface area contributed by atoms with Gasteiger partial charge in [0.1, 0.15) is 5.76 Å². The average Bonchev–Trinajstić information content (AvgIpc) is 3.31. The van der Waals surface area contributed by atoms with Crippen molar-refractivity contribution in [3.8, 4) is 0 Å². The number of hydrogen-bond acceptors (Lipinski definition) is 5. The van der Waals surface area contributed by atoms with Crippen molar-refractivity contribution in [2.75, 3.05) is 26.2 Å². The van der Waals surface area contributed by atoms with Crippen LogP contribution in [-0.4, -0.2) is 54.9 Å². The van der Waals surface area contributed by atoms with Gasteiger partial charge < -0.3 is 9.52 Å². The van der Waals surface area contributed by atoms with Gasteiger partial charge in [-0.2, -0.15) is 4.31 Å². The van der Waals surface area contributed by atoms with Crippen molar-refractivity contribution >= 4 is 28.4 Å². The Morgan fingerprint density at radius 2 is 2.00 bits per heavy atom. The van der Waals surface area contributed by atoms with E-state index in [9.17, 15) is 18.3 Å². The van der Waals surface area contributed by atoms with Gasteiger partial charge in [-0.3, -0.25) is 9.69 Å². The fraction of sp³-hybridized carbons (Fsp3) is 0.706. The minimum absolute atomic E-state index is 0. The lowest BCUT2D eigenvalue weighted by Gasteiger charge is -2.23. The highest BCUT2D eigenvalue weighted by Crippen LogP contribution is 2.49. The van der Waals surface area contributed by atoms with E-state index in [1.54, 1.807) is 6.07 Å². The van der Waals surface area contributed by atoms with Gasteiger partial charge in [0.2, 0.25) is 5.09 Å². The molecule has 0 amide bonds. The second-order valence-corrected chi connectivity index (χ2v) is 9.42. The van der Waals surface area contributed by atoms with Gasteiger partial charge in [-0.15, -0.1) is 12.4 Å². The van der Waals surface area contributed by atoms with Gasteiger partial charge in [0.15, 0.2) is 0 Å². The zero-order chi connectivity index (χ0) is 17.7. The molecule has 3 aliphatic rings. The maximum absolute atomic E-state index is 12.5. The lowest BCUT2D eigenvalue weighted by molar-refractivity contribution is -0.149. The van der Waals surface area contributed by atoms with Gasteiger partial charge in [0.25, 0.3) is 10.0 Å². The summed E-state index contributed by atoms with van der Waals surface area (Å²) in [6.07, 6.45) is 4.44. The van der Waals surface area contributed by atoms with Crippen LogP contribution in [0.2, 0.25) is 0 Å². The van der Waals surface area contributed by atoms with E-state index in [0.717, 1.165) is 38.6 Å². The molecule has 0 spiro atoms. The maximum Gasteiger partial charge on any atom is 0.311 e. The van der Waals surface area contributed by atoms with E-state index in [4.69, 9.17) is 4.42 Å². The molecule has 146 valence electrons. The predicted octanol–water partition coefficient (Wildman–Crippen LogP) is 2.17. The fourth-order valence-corrected chi connectivity index (χ4v) is 6.17. The number of rotatable bonds is 5.